The van der Waals surface area contributed by atoms with Gasteiger partial charge in [-0.3, -0.25) is 9.59 Å². The van der Waals surface area contributed by atoms with Crippen LogP contribution in [0.15, 0.2) is 28.3 Å². The summed E-state index contributed by atoms with van der Waals surface area (Å²) in [7, 11) is -3.23. The summed E-state index contributed by atoms with van der Waals surface area (Å²) in [5.74, 6) is -0.839. The molecule has 0 radical (unpaired) electrons. The Morgan fingerprint density at radius 3 is 2.48 bits per heavy atom. The third-order valence-electron chi connectivity index (χ3n) is 6.84. The molecule has 7 nitrogen and oxygen atoms in total. The van der Waals surface area contributed by atoms with Crippen LogP contribution in [0.2, 0.25) is 5.02 Å². The third-order valence-corrected chi connectivity index (χ3v) is 8.43. The van der Waals surface area contributed by atoms with Gasteiger partial charge < -0.3 is 4.90 Å². The van der Waals surface area contributed by atoms with Crippen LogP contribution in [0, 0.1) is 12.8 Å². The molecule has 1 saturated heterocycles. The fraction of sp³-hybridized carbons (Fsp3) is 0.458. The quantitative estimate of drug-likeness (QED) is 0.649. The van der Waals surface area contributed by atoms with Crippen molar-refractivity contribution in [2.24, 2.45) is 10.9 Å². The molecule has 0 saturated carbocycles. The van der Waals surface area contributed by atoms with Crippen molar-refractivity contribution < 1.29 is 18.0 Å². The van der Waals surface area contributed by atoms with Crippen LogP contribution in [-0.2, 0) is 21.2 Å². The Morgan fingerprint density at radius 2 is 1.88 bits per heavy atom. The van der Waals surface area contributed by atoms with Crippen LogP contribution in [0.1, 0.15) is 47.8 Å². The zero-order valence-corrected chi connectivity index (χ0v) is 21.1. The van der Waals surface area contributed by atoms with Crippen molar-refractivity contribution in [3.8, 4) is 0 Å². The molecule has 0 bridgehead atoms. The van der Waals surface area contributed by atoms with E-state index in [2.05, 4.69) is 4.99 Å². The molecule has 0 N–H and O–H groups in total. The first-order valence-corrected chi connectivity index (χ1v) is 13.1. The molecule has 0 aromatic heterocycles. The fourth-order valence-corrected chi connectivity index (χ4v) is 5.89. The van der Waals surface area contributed by atoms with E-state index in [0.717, 1.165) is 33.4 Å². The van der Waals surface area contributed by atoms with E-state index in [1.807, 2.05) is 32.9 Å². The maximum absolute atomic E-state index is 13.5. The molecule has 33 heavy (non-hydrogen) atoms. The number of fused-ring (bicyclic) bond motifs is 1. The summed E-state index contributed by atoms with van der Waals surface area (Å²) in [6, 6.07) is 1.99. The monoisotopic (exact) mass is 489 g/mol. The molecule has 4 rings (SSSR count). The lowest BCUT2D eigenvalue weighted by Gasteiger charge is -2.35. The van der Waals surface area contributed by atoms with E-state index in [4.69, 9.17) is 11.6 Å². The van der Waals surface area contributed by atoms with Gasteiger partial charge in [-0.25, -0.2) is 13.4 Å². The van der Waals surface area contributed by atoms with E-state index in [-0.39, 0.29) is 18.4 Å². The van der Waals surface area contributed by atoms with E-state index in [9.17, 15) is 18.0 Å². The van der Waals surface area contributed by atoms with Gasteiger partial charge in [0.25, 0.3) is 11.8 Å². The van der Waals surface area contributed by atoms with Crippen molar-refractivity contribution in [3.05, 3.63) is 50.6 Å². The van der Waals surface area contributed by atoms with Crippen LogP contribution in [0.5, 0.6) is 0 Å². The lowest BCUT2D eigenvalue weighted by Crippen LogP contribution is -2.44. The minimum atomic E-state index is -3.23. The van der Waals surface area contributed by atoms with Gasteiger partial charge >= 0.3 is 0 Å². The molecule has 176 valence electrons. The Bertz CT molecular complexity index is 1270. The van der Waals surface area contributed by atoms with Gasteiger partial charge in [-0.05, 0) is 74.1 Å². The lowest BCUT2D eigenvalue weighted by atomic mass is 9.87. The Morgan fingerprint density at radius 1 is 1.21 bits per heavy atom. The molecule has 9 heteroatoms. The highest BCUT2D eigenvalue weighted by atomic mass is 35.5. The van der Waals surface area contributed by atoms with Gasteiger partial charge in [0, 0.05) is 31.9 Å². The van der Waals surface area contributed by atoms with Gasteiger partial charge in [-0.2, -0.15) is 4.31 Å². The number of nitrogens with zero attached hydrogens (tertiary/aromatic N) is 3. The molecule has 1 unspecified atom stereocenters. The van der Waals surface area contributed by atoms with Crippen LogP contribution in [0.4, 0.5) is 0 Å². The average Bonchev–Trinajstić information content (AvgIpc) is 2.65. The number of aryl methyl sites for hydroxylation is 1. The number of allylic oxidation sites excluding steroid dienone is 2. The molecule has 3 aliphatic heterocycles. The van der Waals surface area contributed by atoms with Crippen molar-refractivity contribution in [1.29, 1.82) is 0 Å². The maximum atomic E-state index is 13.5. The normalized spacial score (nSPS) is 21.5. The van der Waals surface area contributed by atoms with Gasteiger partial charge in [0.2, 0.25) is 10.0 Å². The number of carbonyl (C=O) groups is 2. The number of hydrogen-bond donors (Lipinski definition) is 0. The minimum Gasteiger partial charge on any atom is -0.337 e. The van der Waals surface area contributed by atoms with Crippen molar-refractivity contribution in [1.82, 2.24) is 9.21 Å². The molecule has 1 atom stereocenters. The van der Waals surface area contributed by atoms with Gasteiger partial charge in [0.15, 0.2) is 0 Å². The second kappa shape index (κ2) is 8.49. The summed E-state index contributed by atoms with van der Waals surface area (Å²) in [5.41, 5.74) is 6.65. The molecule has 3 aliphatic rings. The summed E-state index contributed by atoms with van der Waals surface area (Å²) in [6.07, 6.45) is 3.75. The first-order chi connectivity index (χ1) is 15.4. The predicted molar refractivity (Wildman–Crippen MR) is 130 cm³/mol. The van der Waals surface area contributed by atoms with Crippen molar-refractivity contribution in [2.45, 2.75) is 34.1 Å². The van der Waals surface area contributed by atoms with Crippen molar-refractivity contribution >= 4 is 44.7 Å². The van der Waals surface area contributed by atoms with Crippen LogP contribution in [-0.4, -0.2) is 67.6 Å². The second-order valence-electron chi connectivity index (χ2n) is 9.20. The number of amides is 2. The molecule has 0 spiro atoms. The molecule has 1 aromatic carbocycles. The van der Waals surface area contributed by atoms with Crippen LogP contribution < -0.4 is 0 Å². The smallest absolute Gasteiger partial charge is 0.255 e. The SMILES string of the molecule is CC1=CC(C)=NC(=O)C1CN1CCc2c(C)cc(C(C)=C3CN(S(C)(=O)=O)C3)c(Cl)c2C1=O. The Kier molecular flexibility index (Phi) is 6.14. The highest BCUT2D eigenvalue weighted by Gasteiger charge is 2.35. The van der Waals surface area contributed by atoms with E-state index >= 15 is 0 Å². The maximum Gasteiger partial charge on any atom is 0.255 e. The van der Waals surface area contributed by atoms with Gasteiger partial charge in [0.05, 0.1) is 22.8 Å². The second-order valence-corrected chi connectivity index (χ2v) is 11.6. The summed E-state index contributed by atoms with van der Waals surface area (Å²) >= 11 is 6.81. The highest BCUT2D eigenvalue weighted by Crippen LogP contribution is 2.38. The number of benzene rings is 1. The number of rotatable bonds is 4. The Labute approximate surface area is 199 Å². The van der Waals surface area contributed by atoms with Crippen LogP contribution in [0.3, 0.4) is 0 Å². The zero-order chi connectivity index (χ0) is 24.2. The molecule has 3 heterocycles. The third kappa shape index (κ3) is 4.32. The predicted octanol–water partition coefficient (Wildman–Crippen LogP) is 3.26. The largest absolute Gasteiger partial charge is 0.337 e. The number of halogens is 1. The first kappa shape index (κ1) is 23.9. The number of hydrogen-bond acceptors (Lipinski definition) is 4. The molecule has 1 fully saturated rings. The Hall–Kier alpha value is -2.29. The van der Waals surface area contributed by atoms with Crippen molar-refractivity contribution in [3.63, 3.8) is 0 Å². The van der Waals surface area contributed by atoms with Gasteiger partial charge in [-0.1, -0.05) is 17.2 Å². The summed E-state index contributed by atoms with van der Waals surface area (Å²) in [5, 5.41) is 0.393. The standard InChI is InChI=1S/C24H28ClN3O4S/c1-13-8-15(3)26-23(29)20(13)12-27-7-6-18-14(2)9-19(22(25)21(18)24(27)30)16(4)17-10-28(11-17)33(5,31)32/h8-9,20H,6-7,10-12H2,1-5H3. The number of dihydropyridines is 1. The summed E-state index contributed by atoms with van der Waals surface area (Å²) in [6.45, 7) is 9.05. The minimum absolute atomic E-state index is 0.178. The van der Waals surface area contributed by atoms with Crippen molar-refractivity contribution in [2.75, 3.05) is 32.4 Å². The average molecular weight is 490 g/mol. The fourth-order valence-electron chi connectivity index (χ4n) is 4.72. The molecule has 2 amide bonds. The molecular formula is C24H28ClN3O4S. The molecular weight excluding hydrogens is 462 g/mol. The van der Waals surface area contributed by atoms with Gasteiger partial charge in [-0.15, -0.1) is 0 Å². The number of carbonyl (C=O) groups excluding carboxylic acids is 2. The van der Waals surface area contributed by atoms with E-state index in [0.29, 0.717) is 42.4 Å². The van der Waals surface area contributed by atoms with Gasteiger partial charge in [0.1, 0.15) is 0 Å². The summed E-state index contributed by atoms with van der Waals surface area (Å²) in [4.78, 5) is 31.8. The van der Waals surface area contributed by atoms with E-state index in [1.54, 1.807) is 11.8 Å². The first-order valence-electron chi connectivity index (χ1n) is 10.9. The number of aliphatic imine (C=N–C) groups is 1. The van der Waals surface area contributed by atoms with E-state index < -0.39 is 15.9 Å². The number of sulfonamides is 1. The highest BCUT2D eigenvalue weighted by molar-refractivity contribution is 7.88. The topological polar surface area (TPSA) is 87.1 Å². The Balaban J connectivity index is 1.65. The van der Waals surface area contributed by atoms with Crippen LogP contribution >= 0.6 is 11.6 Å². The zero-order valence-electron chi connectivity index (χ0n) is 19.5. The molecule has 1 aromatic rings. The summed E-state index contributed by atoms with van der Waals surface area (Å²) < 4.78 is 24.9. The van der Waals surface area contributed by atoms with Crippen LogP contribution in [0.25, 0.3) is 5.57 Å². The lowest BCUT2D eigenvalue weighted by molar-refractivity contribution is -0.120. The molecule has 0 aliphatic carbocycles. The van der Waals surface area contributed by atoms with E-state index in [1.165, 1.54) is 10.6 Å².